The summed E-state index contributed by atoms with van der Waals surface area (Å²) in [5, 5.41) is 0. The van der Waals surface area contributed by atoms with Gasteiger partial charge in [-0.2, -0.15) is 0 Å². The van der Waals surface area contributed by atoms with Crippen molar-refractivity contribution in [1.29, 1.82) is 0 Å². The van der Waals surface area contributed by atoms with Crippen molar-refractivity contribution >= 4 is 17.5 Å². The molecular weight excluding hydrogens is 268 g/mol. The number of carbonyl (C=O) groups excluding carboxylic acids is 3. The summed E-state index contributed by atoms with van der Waals surface area (Å²) in [4.78, 5) is 34.0. The van der Waals surface area contributed by atoms with Crippen molar-refractivity contribution in [3.63, 3.8) is 0 Å². The minimum absolute atomic E-state index is 0.0964. The molecule has 0 radical (unpaired) electrons. The van der Waals surface area contributed by atoms with Gasteiger partial charge in [-0.25, -0.2) is 0 Å². The van der Waals surface area contributed by atoms with E-state index in [1.165, 1.54) is 13.2 Å². The van der Waals surface area contributed by atoms with E-state index < -0.39 is 0 Å². The SMILES string of the molecule is COC(=O)CCC(=O)C=CC=CC=CC(=O)C1CCCC1. The minimum Gasteiger partial charge on any atom is -0.469 e. The first kappa shape index (κ1) is 17.1. The van der Waals surface area contributed by atoms with Crippen LogP contribution in [0.1, 0.15) is 38.5 Å². The molecule has 0 saturated heterocycles. The van der Waals surface area contributed by atoms with E-state index >= 15 is 0 Å². The van der Waals surface area contributed by atoms with Crippen LogP contribution in [0.5, 0.6) is 0 Å². The zero-order valence-corrected chi connectivity index (χ0v) is 12.4. The zero-order chi connectivity index (χ0) is 15.5. The molecule has 4 nitrogen and oxygen atoms in total. The topological polar surface area (TPSA) is 60.4 Å². The summed E-state index contributed by atoms with van der Waals surface area (Å²) < 4.78 is 4.45. The van der Waals surface area contributed by atoms with Crippen LogP contribution in [0.4, 0.5) is 0 Å². The van der Waals surface area contributed by atoms with E-state index in [-0.39, 0.29) is 36.3 Å². The number of allylic oxidation sites excluding steroid dienone is 6. The van der Waals surface area contributed by atoms with Crippen molar-refractivity contribution in [2.75, 3.05) is 7.11 Å². The zero-order valence-electron chi connectivity index (χ0n) is 12.4. The lowest BCUT2D eigenvalue weighted by molar-refractivity contribution is -0.141. The molecule has 0 aromatic carbocycles. The monoisotopic (exact) mass is 290 g/mol. The predicted octanol–water partition coefficient (Wildman–Crippen LogP) is 2.94. The number of ketones is 2. The molecule has 0 aromatic heterocycles. The number of hydrogen-bond donors (Lipinski definition) is 0. The number of ether oxygens (including phenoxy) is 1. The summed E-state index contributed by atoms with van der Waals surface area (Å²) in [5.74, 6) is -0.128. The number of hydrogen-bond acceptors (Lipinski definition) is 4. The van der Waals surface area contributed by atoms with Crippen LogP contribution in [-0.4, -0.2) is 24.6 Å². The normalized spacial score (nSPS) is 16.2. The molecule has 0 amide bonds. The summed E-state index contributed by atoms with van der Waals surface area (Å²) in [6, 6.07) is 0. The molecule has 0 N–H and O–H groups in total. The molecule has 0 spiro atoms. The first-order chi connectivity index (χ1) is 10.1. The number of methoxy groups -OCH3 is 1. The van der Waals surface area contributed by atoms with Crippen molar-refractivity contribution in [3.8, 4) is 0 Å². The molecule has 1 saturated carbocycles. The lowest BCUT2D eigenvalue weighted by Gasteiger charge is -2.01. The highest BCUT2D eigenvalue weighted by atomic mass is 16.5. The van der Waals surface area contributed by atoms with Gasteiger partial charge in [0.05, 0.1) is 13.5 Å². The molecule has 1 aliphatic rings. The van der Waals surface area contributed by atoms with Gasteiger partial charge in [0.15, 0.2) is 11.6 Å². The number of esters is 1. The van der Waals surface area contributed by atoms with Gasteiger partial charge in [0.1, 0.15) is 0 Å². The smallest absolute Gasteiger partial charge is 0.305 e. The molecule has 4 heteroatoms. The number of carbonyl (C=O) groups is 3. The molecule has 114 valence electrons. The van der Waals surface area contributed by atoms with Crippen LogP contribution in [0.2, 0.25) is 0 Å². The lowest BCUT2D eigenvalue weighted by atomic mass is 10.0. The molecule has 1 rings (SSSR count). The highest BCUT2D eigenvalue weighted by Gasteiger charge is 2.19. The highest BCUT2D eigenvalue weighted by molar-refractivity contribution is 5.92. The average Bonchev–Trinajstić information content (AvgIpc) is 3.02. The quantitative estimate of drug-likeness (QED) is 0.392. The number of rotatable bonds is 8. The summed E-state index contributed by atoms with van der Waals surface area (Å²) in [7, 11) is 1.30. The van der Waals surface area contributed by atoms with Gasteiger partial charge in [0.25, 0.3) is 0 Å². The fraction of sp³-hybridized carbons (Fsp3) is 0.471. The Hall–Kier alpha value is -1.97. The van der Waals surface area contributed by atoms with E-state index in [1.54, 1.807) is 30.4 Å². The molecule has 1 aliphatic carbocycles. The maximum atomic E-state index is 11.7. The van der Waals surface area contributed by atoms with Crippen molar-refractivity contribution < 1.29 is 19.1 Å². The molecule has 0 aliphatic heterocycles. The van der Waals surface area contributed by atoms with Crippen LogP contribution in [0, 0.1) is 5.92 Å². The van der Waals surface area contributed by atoms with Gasteiger partial charge in [-0.1, -0.05) is 37.1 Å². The van der Waals surface area contributed by atoms with Gasteiger partial charge in [0.2, 0.25) is 0 Å². The lowest BCUT2D eigenvalue weighted by Crippen LogP contribution is -2.06. The molecule has 0 bridgehead atoms. The summed E-state index contributed by atoms with van der Waals surface area (Å²) in [6.45, 7) is 0. The van der Waals surface area contributed by atoms with Crippen LogP contribution in [0.3, 0.4) is 0 Å². The van der Waals surface area contributed by atoms with Crippen LogP contribution < -0.4 is 0 Å². The van der Waals surface area contributed by atoms with Crippen molar-refractivity contribution in [1.82, 2.24) is 0 Å². The van der Waals surface area contributed by atoms with E-state index in [1.807, 2.05) is 0 Å². The molecule has 0 unspecified atom stereocenters. The average molecular weight is 290 g/mol. The minimum atomic E-state index is -0.388. The highest BCUT2D eigenvalue weighted by Crippen LogP contribution is 2.25. The second kappa shape index (κ2) is 9.86. The van der Waals surface area contributed by atoms with Crippen LogP contribution >= 0.6 is 0 Å². The molecular formula is C17H22O4. The Bertz CT molecular complexity index is 451. The largest absolute Gasteiger partial charge is 0.469 e. The molecule has 21 heavy (non-hydrogen) atoms. The Morgan fingerprint density at radius 2 is 1.57 bits per heavy atom. The maximum absolute atomic E-state index is 11.7. The van der Waals surface area contributed by atoms with Gasteiger partial charge in [-0.3, -0.25) is 14.4 Å². The Balaban J connectivity index is 2.23. The van der Waals surface area contributed by atoms with Crippen LogP contribution in [0.25, 0.3) is 0 Å². The Morgan fingerprint density at radius 3 is 2.19 bits per heavy atom. The first-order valence-corrected chi connectivity index (χ1v) is 7.28. The standard InChI is InChI=1S/C17H22O4/c1-21-17(20)13-12-15(18)10-4-2-3-5-11-16(19)14-8-6-7-9-14/h2-5,10-11,14H,6-9,12-13H2,1H3. The fourth-order valence-corrected chi connectivity index (χ4v) is 2.20. The van der Waals surface area contributed by atoms with Gasteiger partial charge >= 0.3 is 5.97 Å². The second-order valence-electron chi connectivity index (χ2n) is 5.03. The van der Waals surface area contributed by atoms with Gasteiger partial charge in [-0.15, -0.1) is 0 Å². The second-order valence-corrected chi connectivity index (χ2v) is 5.03. The van der Waals surface area contributed by atoms with Crippen LogP contribution in [-0.2, 0) is 19.1 Å². The third-order valence-electron chi connectivity index (χ3n) is 3.44. The van der Waals surface area contributed by atoms with E-state index in [2.05, 4.69) is 4.74 Å². The molecule has 0 aromatic rings. The Kier molecular flexibility index (Phi) is 8.02. The summed E-state index contributed by atoms with van der Waals surface area (Å²) in [6.07, 6.45) is 14.3. The van der Waals surface area contributed by atoms with Crippen LogP contribution in [0.15, 0.2) is 36.5 Å². The molecule has 0 heterocycles. The maximum Gasteiger partial charge on any atom is 0.305 e. The van der Waals surface area contributed by atoms with Crippen molar-refractivity contribution in [2.45, 2.75) is 38.5 Å². The van der Waals surface area contributed by atoms with Crippen molar-refractivity contribution in [3.05, 3.63) is 36.5 Å². The predicted molar refractivity (Wildman–Crippen MR) is 80.6 cm³/mol. The van der Waals surface area contributed by atoms with E-state index in [4.69, 9.17) is 0 Å². The summed E-state index contributed by atoms with van der Waals surface area (Å²) in [5.41, 5.74) is 0. The van der Waals surface area contributed by atoms with E-state index in [0.717, 1.165) is 25.7 Å². The third kappa shape index (κ3) is 7.40. The Morgan fingerprint density at radius 1 is 0.952 bits per heavy atom. The first-order valence-electron chi connectivity index (χ1n) is 7.28. The van der Waals surface area contributed by atoms with E-state index in [9.17, 15) is 14.4 Å². The van der Waals surface area contributed by atoms with Gasteiger partial charge in [-0.05, 0) is 25.0 Å². The molecule has 0 atom stereocenters. The Labute approximate surface area is 125 Å². The molecule has 1 fully saturated rings. The van der Waals surface area contributed by atoms with E-state index in [0.29, 0.717) is 0 Å². The van der Waals surface area contributed by atoms with Crippen molar-refractivity contribution in [2.24, 2.45) is 5.92 Å². The van der Waals surface area contributed by atoms with Gasteiger partial charge < -0.3 is 4.74 Å². The third-order valence-corrected chi connectivity index (χ3v) is 3.44. The fourth-order valence-electron chi connectivity index (χ4n) is 2.20. The summed E-state index contributed by atoms with van der Waals surface area (Å²) >= 11 is 0. The van der Waals surface area contributed by atoms with Gasteiger partial charge in [0, 0.05) is 12.3 Å².